The van der Waals surface area contributed by atoms with Gasteiger partial charge in [0.2, 0.25) is 0 Å². The van der Waals surface area contributed by atoms with Gasteiger partial charge in [0.25, 0.3) is 0 Å². The largest absolute Gasteiger partial charge is 0.497 e. The molecule has 0 radical (unpaired) electrons. The number of imidazole rings is 1. The molecule has 0 fully saturated rings. The van der Waals surface area contributed by atoms with Crippen molar-refractivity contribution in [3.63, 3.8) is 0 Å². The zero-order valence-electron chi connectivity index (χ0n) is 15.6. The van der Waals surface area contributed by atoms with Gasteiger partial charge in [0.1, 0.15) is 29.0 Å². The fourth-order valence-electron chi connectivity index (χ4n) is 3.03. The van der Waals surface area contributed by atoms with Gasteiger partial charge in [0.15, 0.2) is 5.69 Å². The van der Waals surface area contributed by atoms with Gasteiger partial charge in [0.05, 0.1) is 18.4 Å². The van der Waals surface area contributed by atoms with Crippen molar-refractivity contribution >= 4 is 17.2 Å². The van der Waals surface area contributed by atoms with Crippen molar-refractivity contribution in [3.05, 3.63) is 72.1 Å². The quantitative estimate of drug-likeness (QED) is 0.511. The van der Waals surface area contributed by atoms with E-state index in [2.05, 4.69) is 15.3 Å². The molecule has 0 saturated heterocycles. The molecule has 0 amide bonds. The smallest absolute Gasteiger partial charge is 0.435 e. The van der Waals surface area contributed by atoms with Crippen molar-refractivity contribution in [1.29, 1.82) is 5.26 Å². The fraction of sp³-hybridized carbons (Fsp3) is 0.0952. The van der Waals surface area contributed by atoms with Crippen molar-refractivity contribution in [2.75, 3.05) is 12.4 Å². The van der Waals surface area contributed by atoms with E-state index in [1.807, 2.05) is 6.07 Å². The van der Waals surface area contributed by atoms with Gasteiger partial charge < -0.3 is 10.1 Å². The molecule has 0 spiro atoms. The lowest BCUT2D eigenvalue weighted by molar-refractivity contribution is -0.140. The van der Waals surface area contributed by atoms with Gasteiger partial charge >= 0.3 is 6.18 Å². The number of benzene rings is 1. The Morgan fingerprint density at radius 3 is 2.47 bits per heavy atom. The number of hydrogen-bond donors (Lipinski definition) is 1. The van der Waals surface area contributed by atoms with Crippen LogP contribution < -0.4 is 10.1 Å². The molecule has 150 valence electrons. The summed E-state index contributed by atoms with van der Waals surface area (Å²) in [6.07, 6.45) is -3.18. The Bertz CT molecular complexity index is 1260. The first-order valence-corrected chi connectivity index (χ1v) is 8.77. The minimum Gasteiger partial charge on any atom is -0.497 e. The second-order valence-electron chi connectivity index (χ2n) is 6.29. The standard InChI is InChI=1S/C21H14F3N5O/c1-30-15-8-6-14(7-9-15)26-20-13(12-25)5-10-16(27-20)18-19(21(22,23)24)28-17-4-2-3-11-29(17)18/h2-11H,1H3,(H,26,27). The van der Waals surface area contributed by atoms with Crippen LogP contribution in [-0.2, 0) is 6.18 Å². The van der Waals surface area contributed by atoms with Crippen molar-refractivity contribution in [1.82, 2.24) is 14.4 Å². The number of anilines is 2. The molecular formula is C21H14F3N5O. The summed E-state index contributed by atoms with van der Waals surface area (Å²) < 4.78 is 47.4. The van der Waals surface area contributed by atoms with E-state index in [1.165, 1.54) is 35.9 Å². The van der Waals surface area contributed by atoms with Crippen molar-refractivity contribution in [3.8, 4) is 23.2 Å². The lowest BCUT2D eigenvalue weighted by Gasteiger charge is -2.12. The van der Waals surface area contributed by atoms with E-state index in [0.29, 0.717) is 11.4 Å². The molecule has 9 heteroatoms. The Morgan fingerprint density at radius 2 is 1.80 bits per heavy atom. The topological polar surface area (TPSA) is 75.2 Å². The molecule has 0 aliphatic rings. The lowest BCUT2D eigenvalue weighted by Crippen LogP contribution is -2.09. The molecule has 4 rings (SSSR count). The van der Waals surface area contributed by atoms with Crippen LogP contribution in [0.25, 0.3) is 17.0 Å². The van der Waals surface area contributed by atoms with E-state index in [1.54, 1.807) is 36.4 Å². The molecule has 0 saturated carbocycles. The SMILES string of the molecule is COc1ccc(Nc2nc(-c3c(C(F)(F)F)nc4ccccn34)ccc2C#N)cc1. The molecule has 1 aromatic carbocycles. The molecular weight excluding hydrogens is 395 g/mol. The highest BCUT2D eigenvalue weighted by atomic mass is 19.4. The number of halogens is 3. The average molecular weight is 409 g/mol. The number of methoxy groups -OCH3 is 1. The second kappa shape index (κ2) is 7.40. The number of hydrogen-bond acceptors (Lipinski definition) is 5. The molecule has 0 aliphatic heterocycles. The molecule has 4 aromatic rings. The number of nitrogens with one attached hydrogen (secondary N) is 1. The molecule has 1 N–H and O–H groups in total. The molecule has 0 aliphatic carbocycles. The number of nitrogens with zero attached hydrogens (tertiary/aromatic N) is 4. The summed E-state index contributed by atoms with van der Waals surface area (Å²) in [5.74, 6) is 0.780. The molecule has 6 nitrogen and oxygen atoms in total. The Labute approximate surface area is 169 Å². The maximum Gasteiger partial charge on any atom is 0.435 e. The Balaban J connectivity index is 1.85. The first-order valence-electron chi connectivity index (χ1n) is 8.77. The average Bonchev–Trinajstić information content (AvgIpc) is 3.14. The Morgan fingerprint density at radius 1 is 1.03 bits per heavy atom. The van der Waals surface area contributed by atoms with E-state index >= 15 is 0 Å². The predicted octanol–water partition coefficient (Wildman–Crippen LogP) is 5.04. The van der Waals surface area contributed by atoms with E-state index < -0.39 is 11.9 Å². The van der Waals surface area contributed by atoms with Gasteiger partial charge in [-0.2, -0.15) is 18.4 Å². The van der Waals surface area contributed by atoms with Crippen LogP contribution in [0.4, 0.5) is 24.7 Å². The van der Waals surface area contributed by atoms with Crippen molar-refractivity contribution in [2.45, 2.75) is 6.18 Å². The molecule has 3 heterocycles. The van der Waals surface area contributed by atoms with E-state index in [9.17, 15) is 18.4 Å². The van der Waals surface area contributed by atoms with Crippen LogP contribution in [0.1, 0.15) is 11.3 Å². The van der Waals surface area contributed by atoms with Crippen LogP contribution in [0.3, 0.4) is 0 Å². The van der Waals surface area contributed by atoms with Crippen LogP contribution in [-0.4, -0.2) is 21.5 Å². The minimum absolute atomic E-state index is 0.0380. The molecule has 0 unspecified atom stereocenters. The summed E-state index contributed by atoms with van der Waals surface area (Å²) >= 11 is 0. The van der Waals surface area contributed by atoms with Gasteiger partial charge in [0, 0.05) is 11.9 Å². The van der Waals surface area contributed by atoms with Gasteiger partial charge in [-0.25, -0.2) is 9.97 Å². The molecule has 0 atom stereocenters. The highest BCUT2D eigenvalue weighted by molar-refractivity contribution is 5.71. The zero-order valence-corrected chi connectivity index (χ0v) is 15.6. The van der Waals surface area contributed by atoms with Crippen LogP contribution in [0.5, 0.6) is 5.75 Å². The molecule has 0 bridgehead atoms. The predicted molar refractivity (Wildman–Crippen MR) is 104 cm³/mol. The van der Waals surface area contributed by atoms with Gasteiger partial charge in [-0.3, -0.25) is 4.40 Å². The summed E-state index contributed by atoms with van der Waals surface area (Å²) in [6, 6.07) is 16.4. The normalized spacial score (nSPS) is 11.3. The third-order valence-electron chi connectivity index (χ3n) is 4.41. The number of rotatable bonds is 4. The van der Waals surface area contributed by atoms with Crippen molar-refractivity contribution in [2.24, 2.45) is 0 Å². The van der Waals surface area contributed by atoms with E-state index in [4.69, 9.17) is 4.74 Å². The highest BCUT2D eigenvalue weighted by Crippen LogP contribution is 2.37. The van der Waals surface area contributed by atoms with Crippen LogP contribution in [0, 0.1) is 11.3 Å². The zero-order chi connectivity index (χ0) is 21.3. The van der Waals surface area contributed by atoms with Gasteiger partial charge in [-0.05, 0) is 48.5 Å². The Hall–Kier alpha value is -4.06. The summed E-state index contributed by atoms with van der Waals surface area (Å²) in [5, 5.41) is 12.4. The molecule has 3 aromatic heterocycles. The number of nitriles is 1. The van der Waals surface area contributed by atoms with Crippen LogP contribution in [0.2, 0.25) is 0 Å². The maximum atomic E-state index is 13.7. The third-order valence-corrected chi connectivity index (χ3v) is 4.41. The first kappa shape index (κ1) is 19.3. The second-order valence-corrected chi connectivity index (χ2v) is 6.29. The van der Waals surface area contributed by atoms with E-state index in [0.717, 1.165) is 0 Å². The van der Waals surface area contributed by atoms with Gasteiger partial charge in [-0.1, -0.05) is 6.07 Å². The molecule has 30 heavy (non-hydrogen) atoms. The number of fused-ring (bicyclic) bond motifs is 1. The maximum absolute atomic E-state index is 13.7. The lowest BCUT2D eigenvalue weighted by atomic mass is 10.1. The number of ether oxygens (including phenoxy) is 1. The summed E-state index contributed by atoms with van der Waals surface area (Å²) in [5.41, 5.74) is -0.253. The highest BCUT2D eigenvalue weighted by Gasteiger charge is 2.38. The van der Waals surface area contributed by atoms with Crippen molar-refractivity contribution < 1.29 is 17.9 Å². The number of pyridine rings is 2. The van der Waals surface area contributed by atoms with E-state index in [-0.39, 0.29) is 28.4 Å². The monoisotopic (exact) mass is 409 g/mol. The third kappa shape index (κ3) is 3.51. The van der Waals surface area contributed by atoms with Crippen LogP contribution in [0.15, 0.2) is 60.8 Å². The van der Waals surface area contributed by atoms with Crippen LogP contribution >= 0.6 is 0 Å². The summed E-state index contributed by atoms with van der Waals surface area (Å²) in [4.78, 5) is 8.06. The summed E-state index contributed by atoms with van der Waals surface area (Å²) in [7, 11) is 1.54. The first-order chi connectivity index (χ1) is 14.4. The summed E-state index contributed by atoms with van der Waals surface area (Å²) in [6.45, 7) is 0. The Kier molecular flexibility index (Phi) is 4.75. The number of alkyl halides is 3. The van der Waals surface area contributed by atoms with Gasteiger partial charge in [-0.15, -0.1) is 0 Å². The number of aromatic nitrogens is 3. The fourth-order valence-corrected chi connectivity index (χ4v) is 3.03. The minimum atomic E-state index is -4.67.